The van der Waals surface area contributed by atoms with Crippen LogP contribution in [-0.4, -0.2) is 36.2 Å². The van der Waals surface area contributed by atoms with Gasteiger partial charge in [-0.15, -0.1) is 0 Å². The van der Waals surface area contributed by atoms with Gasteiger partial charge in [-0.05, 0) is 43.0 Å². The van der Waals surface area contributed by atoms with Gasteiger partial charge in [-0.1, -0.05) is 0 Å². The molecule has 4 rings (SSSR count). The summed E-state index contributed by atoms with van der Waals surface area (Å²) in [7, 11) is -2.16. The molecule has 0 saturated heterocycles. The molecule has 2 aliphatic heterocycles. The van der Waals surface area contributed by atoms with Gasteiger partial charge < -0.3 is 10.1 Å². The van der Waals surface area contributed by atoms with E-state index in [0.717, 1.165) is 12.0 Å². The number of aryl methyl sites for hydroxylation is 2. The van der Waals surface area contributed by atoms with E-state index < -0.39 is 16.1 Å². The molecule has 2 N–H and O–H groups in total. The lowest BCUT2D eigenvalue weighted by atomic mass is 10.0. The lowest BCUT2D eigenvalue weighted by molar-refractivity contribution is -0.116. The molecule has 0 radical (unpaired) electrons. The predicted octanol–water partition coefficient (Wildman–Crippen LogP) is 1.12. The van der Waals surface area contributed by atoms with Crippen LogP contribution in [0.15, 0.2) is 23.1 Å². The fourth-order valence-electron chi connectivity index (χ4n) is 3.48. The molecule has 0 aliphatic carbocycles. The molecule has 144 valence electrons. The quantitative estimate of drug-likeness (QED) is 0.789. The summed E-state index contributed by atoms with van der Waals surface area (Å²) >= 11 is 0. The van der Waals surface area contributed by atoms with Crippen molar-refractivity contribution in [2.45, 2.75) is 49.8 Å². The van der Waals surface area contributed by atoms with E-state index in [1.807, 2.05) is 0 Å². The maximum atomic E-state index is 12.9. The second-order valence-corrected chi connectivity index (χ2v) is 8.44. The Kier molecular flexibility index (Phi) is 4.70. The Morgan fingerprint density at radius 2 is 2.22 bits per heavy atom. The number of fused-ring (bicyclic) bond motifs is 2. The van der Waals surface area contributed by atoms with Crippen molar-refractivity contribution in [3.05, 3.63) is 35.4 Å². The Morgan fingerprint density at radius 3 is 3.04 bits per heavy atom. The Labute approximate surface area is 157 Å². The number of carbonyl (C=O) groups excluding carboxylic acids is 1. The van der Waals surface area contributed by atoms with Crippen LogP contribution >= 0.6 is 0 Å². The van der Waals surface area contributed by atoms with Crippen molar-refractivity contribution >= 4 is 21.6 Å². The van der Waals surface area contributed by atoms with Crippen molar-refractivity contribution in [1.82, 2.24) is 19.5 Å². The van der Waals surface area contributed by atoms with Crippen molar-refractivity contribution in [1.29, 1.82) is 0 Å². The molecule has 1 atom stereocenters. The van der Waals surface area contributed by atoms with Crippen LogP contribution in [0.3, 0.4) is 0 Å². The minimum absolute atomic E-state index is 0.0513. The molecule has 1 aromatic carbocycles. The van der Waals surface area contributed by atoms with Crippen LogP contribution in [0.25, 0.3) is 0 Å². The first-order chi connectivity index (χ1) is 13.0. The highest BCUT2D eigenvalue weighted by Crippen LogP contribution is 2.28. The maximum absolute atomic E-state index is 12.9. The highest BCUT2D eigenvalue weighted by Gasteiger charge is 2.29. The van der Waals surface area contributed by atoms with Crippen molar-refractivity contribution in [2.75, 3.05) is 12.4 Å². The zero-order valence-electron chi connectivity index (χ0n) is 14.9. The second kappa shape index (κ2) is 7.02. The normalized spacial score (nSPS) is 19.3. The Morgan fingerprint density at radius 1 is 1.37 bits per heavy atom. The first-order valence-corrected chi connectivity index (χ1v) is 10.3. The van der Waals surface area contributed by atoms with E-state index >= 15 is 0 Å². The van der Waals surface area contributed by atoms with Crippen molar-refractivity contribution in [3.8, 4) is 0 Å². The molecule has 3 heterocycles. The summed E-state index contributed by atoms with van der Waals surface area (Å²) in [5.74, 6) is 1.11. The maximum Gasteiger partial charge on any atom is 0.241 e. The number of methoxy groups -OCH3 is 1. The molecular formula is C17H21N5O4S. The minimum Gasteiger partial charge on any atom is -0.377 e. The average Bonchev–Trinajstić information content (AvgIpc) is 3.05. The molecule has 9 nitrogen and oxygen atoms in total. The van der Waals surface area contributed by atoms with E-state index in [1.54, 1.807) is 23.9 Å². The minimum atomic E-state index is -3.73. The van der Waals surface area contributed by atoms with Gasteiger partial charge in [0.05, 0.1) is 10.9 Å². The third-order valence-corrected chi connectivity index (χ3v) is 6.24. The number of carbonyl (C=O) groups is 1. The molecule has 0 unspecified atom stereocenters. The van der Waals surface area contributed by atoms with E-state index in [1.165, 1.54) is 6.07 Å². The first-order valence-electron chi connectivity index (χ1n) is 8.84. The number of hydrogen-bond acceptors (Lipinski definition) is 6. The molecule has 2 aromatic rings. The average molecular weight is 391 g/mol. The summed E-state index contributed by atoms with van der Waals surface area (Å²) in [6.45, 7) is 0.999. The smallest absolute Gasteiger partial charge is 0.241 e. The van der Waals surface area contributed by atoms with E-state index in [9.17, 15) is 13.2 Å². The molecule has 27 heavy (non-hydrogen) atoms. The summed E-state index contributed by atoms with van der Waals surface area (Å²) < 4.78 is 35.4. The molecule has 10 heteroatoms. The van der Waals surface area contributed by atoms with E-state index in [-0.39, 0.29) is 17.4 Å². The second-order valence-electron chi connectivity index (χ2n) is 6.73. The summed E-state index contributed by atoms with van der Waals surface area (Å²) in [6.07, 6.45) is 2.36. The van der Waals surface area contributed by atoms with E-state index in [4.69, 9.17) is 4.74 Å². The van der Waals surface area contributed by atoms with Gasteiger partial charge in [-0.2, -0.15) is 5.10 Å². The summed E-state index contributed by atoms with van der Waals surface area (Å²) in [6, 6.07) is 4.34. The van der Waals surface area contributed by atoms with E-state index in [0.29, 0.717) is 43.1 Å². The number of amides is 1. The third kappa shape index (κ3) is 3.60. The van der Waals surface area contributed by atoms with Crippen LogP contribution < -0.4 is 10.0 Å². The van der Waals surface area contributed by atoms with Gasteiger partial charge in [0, 0.05) is 25.8 Å². The van der Waals surface area contributed by atoms with Crippen molar-refractivity contribution in [3.63, 3.8) is 0 Å². The Hall–Kier alpha value is -2.30. The van der Waals surface area contributed by atoms with Gasteiger partial charge in [0.2, 0.25) is 15.9 Å². The summed E-state index contributed by atoms with van der Waals surface area (Å²) in [5.41, 5.74) is 1.50. The Balaban J connectivity index is 1.59. The highest BCUT2D eigenvalue weighted by atomic mass is 32.2. The zero-order chi connectivity index (χ0) is 19.0. The molecular weight excluding hydrogens is 370 g/mol. The van der Waals surface area contributed by atoms with Crippen LogP contribution in [0.2, 0.25) is 0 Å². The molecule has 0 spiro atoms. The van der Waals surface area contributed by atoms with Crippen molar-refractivity contribution < 1.29 is 17.9 Å². The SMILES string of the molecule is COCc1nc2n(n1)CCC[C@@H]2NS(=O)(=O)c1ccc2c(c1)CCC(=O)N2. The number of benzene rings is 1. The summed E-state index contributed by atoms with van der Waals surface area (Å²) in [4.78, 5) is 16.1. The highest BCUT2D eigenvalue weighted by molar-refractivity contribution is 7.89. The predicted molar refractivity (Wildman–Crippen MR) is 96.4 cm³/mol. The zero-order valence-corrected chi connectivity index (χ0v) is 15.8. The van der Waals surface area contributed by atoms with Crippen molar-refractivity contribution in [2.24, 2.45) is 0 Å². The number of sulfonamides is 1. The molecule has 2 aliphatic rings. The molecule has 0 fully saturated rings. The number of anilines is 1. The van der Waals surface area contributed by atoms with Crippen LogP contribution in [-0.2, 0) is 39.1 Å². The van der Waals surface area contributed by atoms with Gasteiger partial charge >= 0.3 is 0 Å². The van der Waals surface area contributed by atoms with Gasteiger partial charge in [0.1, 0.15) is 12.4 Å². The third-order valence-electron chi connectivity index (χ3n) is 4.77. The van der Waals surface area contributed by atoms with Crippen LogP contribution in [0, 0.1) is 0 Å². The molecule has 0 bridgehead atoms. The molecule has 1 amide bonds. The standard InChI is InChI=1S/C17H21N5O4S/c1-26-10-15-19-17-14(3-2-8-22(17)20-15)21-27(24,25)12-5-6-13-11(9-12)4-7-16(23)18-13/h5-6,9,14,21H,2-4,7-8,10H2,1H3,(H,18,23)/t14-/m0/s1. The van der Waals surface area contributed by atoms with Crippen LogP contribution in [0.4, 0.5) is 5.69 Å². The largest absolute Gasteiger partial charge is 0.377 e. The van der Waals surface area contributed by atoms with Crippen LogP contribution in [0.1, 0.15) is 42.5 Å². The summed E-state index contributed by atoms with van der Waals surface area (Å²) in [5, 5.41) is 7.12. The van der Waals surface area contributed by atoms with Crippen LogP contribution in [0.5, 0.6) is 0 Å². The first kappa shape index (κ1) is 18.1. The fourth-order valence-corrected chi connectivity index (χ4v) is 4.76. The van der Waals surface area contributed by atoms with E-state index in [2.05, 4.69) is 20.1 Å². The Bertz CT molecular complexity index is 985. The molecule has 0 saturated carbocycles. The number of nitrogens with one attached hydrogen (secondary N) is 2. The number of nitrogens with zero attached hydrogens (tertiary/aromatic N) is 3. The molecule has 1 aromatic heterocycles. The van der Waals surface area contributed by atoms with Gasteiger partial charge in [0.25, 0.3) is 0 Å². The lowest BCUT2D eigenvalue weighted by Crippen LogP contribution is -2.33. The monoisotopic (exact) mass is 391 g/mol. The number of ether oxygens (including phenoxy) is 1. The lowest BCUT2D eigenvalue weighted by Gasteiger charge is -2.23. The number of hydrogen-bond donors (Lipinski definition) is 2. The fraction of sp³-hybridized carbons (Fsp3) is 0.471. The van der Waals surface area contributed by atoms with Gasteiger partial charge in [-0.25, -0.2) is 22.8 Å². The number of aromatic nitrogens is 3. The topological polar surface area (TPSA) is 115 Å². The van der Waals surface area contributed by atoms with Gasteiger partial charge in [-0.3, -0.25) is 4.79 Å². The van der Waals surface area contributed by atoms with Gasteiger partial charge in [0.15, 0.2) is 5.82 Å². The number of rotatable bonds is 5.